The molecule has 2 aromatic carbocycles. The lowest BCUT2D eigenvalue weighted by Crippen LogP contribution is -2.41. The van der Waals surface area contributed by atoms with E-state index in [0.717, 1.165) is 42.1 Å². The number of rotatable bonds is 7. The summed E-state index contributed by atoms with van der Waals surface area (Å²) in [6, 6.07) is 14.6. The molecular formula is C31H44ClN5O2. The summed E-state index contributed by atoms with van der Waals surface area (Å²) in [5, 5.41) is 4.18. The van der Waals surface area contributed by atoms with Gasteiger partial charge in [-0.15, -0.1) is 0 Å². The van der Waals surface area contributed by atoms with Crippen molar-refractivity contribution in [2.24, 2.45) is 5.41 Å². The molecule has 1 N–H and O–H groups in total. The number of amides is 1. The van der Waals surface area contributed by atoms with E-state index in [0.29, 0.717) is 24.2 Å². The molecule has 2 heterocycles. The predicted molar refractivity (Wildman–Crippen MR) is 161 cm³/mol. The molecule has 4 rings (SSSR count). The van der Waals surface area contributed by atoms with Crippen LogP contribution in [0.25, 0.3) is 11.0 Å². The molecule has 3 aromatic rings. The Hall–Kier alpha value is -2.77. The Morgan fingerprint density at radius 1 is 1.15 bits per heavy atom. The Kier molecular flexibility index (Phi) is 8.52. The van der Waals surface area contributed by atoms with Gasteiger partial charge in [0.25, 0.3) is 0 Å². The van der Waals surface area contributed by atoms with E-state index < -0.39 is 5.60 Å². The van der Waals surface area contributed by atoms with Crippen molar-refractivity contribution in [3.05, 3.63) is 53.1 Å². The highest BCUT2D eigenvalue weighted by atomic mass is 35.5. The number of fused-ring (bicyclic) bond motifs is 1. The number of hydrogen-bond donors (Lipinski definition) is 1. The van der Waals surface area contributed by atoms with E-state index in [4.69, 9.17) is 21.3 Å². The number of halogens is 1. The van der Waals surface area contributed by atoms with Crippen LogP contribution in [0.15, 0.2) is 42.5 Å². The Morgan fingerprint density at radius 3 is 2.49 bits per heavy atom. The molecule has 1 aromatic heterocycles. The number of carbonyl (C=O) groups excluding carboxylic acids is 1. The third kappa shape index (κ3) is 7.25. The second-order valence-electron chi connectivity index (χ2n) is 12.9. The van der Waals surface area contributed by atoms with Gasteiger partial charge in [-0.05, 0) is 95.0 Å². The summed E-state index contributed by atoms with van der Waals surface area (Å²) in [7, 11) is 2.18. The van der Waals surface area contributed by atoms with Gasteiger partial charge < -0.3 is 19.5 Å². The molecule has 212 valence electrons. The summed E-state index contributed by atoms with van der Waals surface area (Å²) >= 11 is 6.12. The molecule has 0 radical (unpaired) electrons. The lowest BCUT2D eigenvalue weighted by Gasteiger charge is -2.35. The summed E-state index contributed by atoms with van der Waals surface area (Å²) in [6.07, 6.45) is 1.63. The molecule has 0 saturated carbocycles. The lowest BCUT2D eigenvalue weighted by molar-refractivity contribution is 0.0215. The average Bonchev–Trinajstić information content (AvgIpc) is 3.43. The van der Waals surface area contributed by atoms with Gasteiger partial charge in [-0.3, -0.25) is 4.90 Å². The van der Waals surface area contributed by atoms with Crippen molar-refractivity contribution in [3.63, 3.8) is 0 Å². The highest BCUT2D eigenvalue weighted by molar-refractivity contribution is 6.30. The van der Waals surface area contributed by atoms with Crippen LogP contribution in [-0.2, 0) is 17.8 Å². The normalized spacial score (nSPS) is 17.2. The van der Waals surface area contributed by atoms with Gasteiger partial charge in [0, 0.05) is 36.4 Å². The van der Waals surface area contributed by atoms with Gasteiger partial charge in [-0.25, -0.2) is 9.78 Å². The topological polar surface area (TPSA) is 62.6 Å². The maximum absolute atomic E-state index is 13.0. The number of nitrogens with one attached hydrogen (secondary N) is 1. The summed E-state index contributed by atoms with van der Waals surface area (Å²) in [5.74, 6) is 0.747. The minimum absolute atomic E-state index is 0.0291. The molecule has 0 aliphatic carbocycles. The van der Waals surface area contributed by atoms with Gasteiger partial charge in [0.05, 0.1) is 17.1 Å². The van der Waals surface area contributed by atoms with E-state index in [1.165, 1.54) is 5.56 Å². The fraction of sp³-hybridized carbons (Fsp3) is 0.548. The van der Waals surface area contributed by atoms with E-state index in [2.05, 4.69) is 67.7 Å². The lowest BCUT2D eigenvalue weighted by atomic mass is 9.87. The number of nitrogens with zero attached hydrogens (tertiary/aromatic N) is 4. The van der Waals surface area contributed by atoms with Crippen molar-refractivity contribution >= 4 is 40.4 Å². The predicted octanol–water partition coefficient (Wildman–Crippen LogP) is 7.70. The van der Waals surface area contributed by atoms with Crippen LogP contribution in [0.1, 0.15) is 66.9 Å². The van der Waals surface area contributed by atoms with Crippen LogP contribution in [-0.4, -0.2) is 56.7 Å². The van der Waals surface area contributed by atoms with Gasteiger partial charge in [-0.1, -0.05) is 38.4 Å². The van der Waals surface area contributed by atoms with Crippen LogP contribution in [0.3, 0.4) is 0 Å². The first-order chi connectivity index (χ1) is 18.2. The molecule has 1 aliphatic heterocycles. The van der Waals surface area contributed by atoms with Crippen LogP contribution < -0.4 is 5.32 Å². The van der Waals surface area contributed by atoms with Crippen molar-refractivity contribution in [2.75, 3.05) is 18.9 Å². The Bertz CT molecular complexity index is 1290. The molecule has 0 spiro atoms. The van der Waals surface area contributed by atoms with E-state index in [-0.39, 0.29) is 17.6 Å². The fourth-order valence-corrected chi connectivity index (χ4v) is 5.23. The van der Waals surface area contributed by atoms with Crippen LogP contribution in [0, 0.1) is 5.41 Å². The summed E-state index contributed by atoms with van der Waals surface area (Å²) in [6.45, 7) is 17.0. The first kappa shape index (κ1) is 29.2. The van der Waals surface area contributed by atoms with Crippen molar-refractivity contribution in [1.29, 1.82) is 0 Å². The molecule has 1 amide bonds. The maximum atomic E-state index is 13.0. The van der Waals surface area contributed by atoms with E-state index in [1.807, 2.05) is 49.9 Å². The number of likely N-dealkylation sites (tertiary alicyclic amines) is 1. The van der Waals surface area contributed by atoms with Gasteiger partial charge in [0.15, 0.2) is 0 Å². The monoisotopic (exact) mass is 553 g/mol. The van der Waals surface area contributed by atoms with Gasteiger partial charge in [-0.2, -0.15) is 0 Å². The van der Waals surface area contributed by atoms with Crippen LogP contribution >= 0.6 is 11.6 Å². The standard InChI is InChI=1S/C31H44ClN5O2/c1-21(30(2,3)4)35(8)19-22-11-16-27-26(18-22)34-28(33-24-14-12-23(32)13-15-24)37(27)20-25-10-9-17-36(25)29(38)39-31(5,6)7/h11-16,18,21,25H,9-10,17,19-20H2,1-8H3,(H,33,34)/t21-,25?/m0/s1. The van der Waals surface area contributed by atoms with Crippen LogP contribution in [0.4, 0.5) is 16.4 Å². The Labute approximate surface area is 238 Å². The second-order valence-corrected chi connectivity index (χ2v) is 13.4. The zero-order valence-electron chi connectivity index (χ0n) is 24.7. The second kappa shape index (κ2) is 11.4. The van der Waals surface area contributed by atoms with E-state index in [9.17, 15) is 4.79 Å². The molecule has 2 atom stereocenters. The number of ether oxygens (including phenoxy) is 1. The zero-order valence-corrected chi connectivity index (χ0v) is 25.5. The highest BCUT2D eigenvalue weighted by Crippen LogP contribution is 2.30. The first-order valence-corrected chi connectivity index (χ1v) is 14.3. The third-order valence-electron chi connectivity index (χ3n) is 7.66. The molecule has 8 heteroatoms. The number of aromatic nitrogens is 2. The number of imidazole rings is 1. The Morgan fingerprint density at radius 2 is 1.85 bits per heavy atom. The first-order valence-electron chi connectivity index (χ1n) is 13.9. The highest BCUT2D eigenvalue weighted by Gasteiger charge is 2.33. The number of anilines is 2. The number of carbonyl (C=O) groups is 1. The molecular weight excluding hydrogens is 510 g/mol. The molecule has 7 nitrogen and oxygen atoms in total. The van der Waals surface area contributed by atoms with E-state index in [1.54, 1.807) is 0 Å². The number of benzene rings is 2. The number of hydrogen-bond acceptors (Lipinski definition) is 5. The van der Waals surface area contributed by atoms with Crippen LogP contribution in [0.2, 0.25) is 5.02 Å². The van der Waals surface area contributed by atoms with Crippen molar-refractivity contribution in [1.82, 2.24) is 19.4 Å². The molecule has 1 aliphatic rings. The zero-order chi connectivity index (χ0) is 28.5. The maximum Gasteiger partial charge on any atom is 0.410 e. The minimum Gasteiger partial charge on any atom is -0.444 e. The van der Waals surface area contributed by atoms with E-state index >= 15 is 0 Å². The molecule has 1 saturated heterocycles. The molecule has 1 fully saturated rings. The summed E-state index contributed by atoms with van der Waals surface area (Å²) in [4.78, 5) is 22.3. The molecule has 0 bridgehead atoms. The smallest absolute Gasteiger partial charge is 0.410 e. The van der Waals surface area contributed by atoms with Gasteiger partial charge >= 0.3 is 6.09 Å². The molecule has 1 unspecified atom stereocenters. The summed E-state index contributed by atoms with van der Waals surface area (Å²) in [5.41, 5.74) is 3.77. The van der Waals surface area contributed by atoms with Crippen molar-refractivity contribution < 1.29 is 9.53 Å². The fourth-order valence-electron chi connectivity index (χ4n) is 5.10. The largest absolute Gasteiger partial charge is 0.444 e. The van der Waals surface area contributed by atoms with Crippen molar-refractivity contribution in [3.8, 4) is 0 Å². The van der Waals surface area contributed by atoms with Gasteiger partial charge in [0.1, 0.15) is 5.60 Å². The summed E-state index contributed by atoms with van der Waals surface area (Å²) < 4.78 is 7.92. The average molecular weight is 554 g/mol. The van der Waals surface area contributed by atoms with Crippen molar-refractivity contribution in [2.45, 2.75) is 92.1 Å². The van der Waals surface area contributed by atoms with Gasteiger partial charge in [0.2, 0.25) is 5.95 Å². The third-order valence-corrected chi connectivity index (χ3v) is 7.91. The SMILES string of the molecule is C[C@H](N(C)Cc1ccc2c(c1)nc(Nc1ccc(Cl)cc1)n2CC1CCCN1C(=O)OC(C)(C)C)C(C)(C)C. The quantitative estimate of drug-likeness (QED) is 0.325. The Balaban J connectivity index is 1.65. The molecule has 39 heavy (non-hydrogen) atoms. The van der Waals surface area contributed by atoms with Crippen LogP contribution in [0.5, 0.6) is 0 Å². The minimum atomic E-state index is -0.527.